The van der Waals surface area contributed by atoms with Crippen LogP contribution in [-0.2, 0) is 0 Å². The molecular weight excluding hydrogens is 419 g/mol. The minimum absolute atomic E-state index is 0. The monoisotopic (exact) mass is 452 g/mol. The molecule has 0 radical (unpaired) electrons. The van der Waals surface area contributed by atoms with Crippen LogP contribution in [0.5, 0.6) is 0 Å². The van der Waals surface area contributed by atoms with Crippen LogP contribution in [-0.4, -0.2) is 46.7 Å². The van der Waals surface area contributed by atoms with Gasteiger partial charge in [0.15, 0.2) is 10.3 Å². The van der Waals surface area contributed by atoms with Crippen molar-refractivity contribution in [3.8, 4) is 0 Å². The normalized spacial score (nSPS) is 19.7. The summed E-state index contributed by atoms with van der Waals surface area (Å²) in [5.41, 5.74) is 1.40. The van der Waals surface area contributed by atoms with E-state index in [4.69, 9.17) is 4.99 Å². The highest BCUT2D eigenvalue weighted by atomic mass is 35.5. The van der Waals surface area contributed by atoms with Crippen LogP contribution in [0.4, 0.5) is 0 Å². The van der Waals surface area contributed by atoms with Crippen molar-refractivity contribution >= 4 is 58.7 Å². The predicted molar refractivity (Wildman–Crippen MR) is 128 cm³/mol. The number of rotatable bonds is 8. The molecular formula is C19H34Cl2N4S2. The van der Waals surface area contributed by atoms with E-state index in [-0.39, 0.29) is 24.8 Å². The largest absolute Gasteiger partial charge is 0.362 e. The SMILES string of the molecule is CCCCCCN=C(NC1CCCCC1)SCC1=CSC2=NCCN12.Cl.Cl. The van der Waals surface area contributed by atoms with Gasteiger partial charge in [-0.3, -0.25) is 9.98 Å². The van der Waals surface area contributed by atoms with Crippen molar-refractivity contribution in [1.82, 2.24) is 10.2 Å². The molecule has 3 aliphatic rings. The number of fused-ring (bicyclic) bond motifs is 1. The third-order valence-corrected chi connectivity index (χ3v) is 6.92. The number of halogens is 2. The molecule has 3 rings (SSSR count). The van der Waals surface area contributed by atoms with Crippen molar-refractivity contribution in [3.05, 3.63) is 11.1 Å². The van der Waals surface area contributed by atoms with Gasteiger partial charge in [0.05, 0.1) is 6.54 Å². The Balaban J connectivity index is 0.00000182. The first-order valence-corrected chi connectivity index (χ1v) is 11.8. The molecule has 27 heavy (non-hydrogen) atoms. The molecule has 8 heteroatoms. The Bertz CT molecular complexity index is 520. The molecule has 0 spiro atoms. The van der Waals surface area contributed by atoms with Gasteiger partial charge in [0.1, 0.15) is 0 Å². The lowest BCUT2D eigenvalue weighted by Gasteiger charge is -2.25. The van der Waals surface area contributed by atoms with Crippen molar-refractivity contribution in [2.45, 2.75) is 70.8 Å². The van der Waals surface area contributed by atoms with Crippen molar-refractivity contribution in [1.29, 1.82) is 0 Å². The summed E-state index contributed by atoms with van der Waals surface area (Å²) >= 11 is 3.66. The van der Waals surface area contributed by atoms with Gasteiger partial charge in [-0.15, -0.1) is 24.8 Å². The second-order valence-electron chi connectivity index (χ2n) is 7.06. The van der Waals surface area contributed by atoms with Gasteiger partial charge in [-0.05, 0) is 24.7 Å². The quantitative estimate of drug-likeness (QED) is 0.292. The van der Waals surface area contributed by atoms with Crippen LogP contribution in [0.3, 0.4) is 0 Å². The van der Waals surface area contributed by atoms with E-state index in [1.165, 1.54) is 73.8 Å². The number of thioether (sulfide) groups is 2. The first-order chi connectivity index (χ1) is 12.4. The minimum Gasteiger partial charge on any atom is -0.362 e. The first-order valence-electron chi connectivity index (χ1n) is 9.98. The Hall–Kier alpha value is -0.0400. The molecule has 0 bridgehead atoms. The molecule has 0 aromatic rings. The minimum atomic E-state index is 0. The van der Waals surface area contributed by atoms with Crippen LogP contribution in [0.25, 0.3) is 0 Å². The van der Waals surface area contributed by atoms with Crippen LogP contribution in [0.1, 0.15) is 64.7 Å². The zero-order valence-corrected chi connectivity index (χ0v) is 19.6. The molecule has 0 unspecified atom stereocenters. The van der Waals surface area contributed by atoms with Gasteiger partial charge < -0.3 is 10.2 Å². The first kappa shape index (κ1) is 25.0. The maximum atomic E-state index is 4.92. The van der Waals surface area contributed by atoms with E-state index in [1.54, 1.807) is 11.8 Å². The van der Waals surface area contributed by atoms with Crippen molar-refractivity contribution in [2.24, 2.45) is 9.98 Å². The standard InChI is InChI=1S/C19H32N4S2.2ClH/c1-2-3-4-8-11-20-18(22-16-9-6-5-7-10-16)24-14-17-15-25-19-21-12-13-23(17)19;;/h15-16H,2-14H2,1H3,(H,20,22);2*1H. The van der Waals surface area contributed by atoms with E-state index < -0.39 is 0 Å². The summed E-state index contributed by atoms with van der Waals surface area (Å²) in [5.74, 6) is 1.000. The molecule has 1 fully saturated rings. The maximum absolute atomic E-state index is 4.92. The van der Waals surface area contributed by atoms with Gasteiger partial charge in [0.25, 0.3) is 0 Å². The zero-order valence-electron chi connectivity index (χ0n) is 16.3. The van der Waals surface area contributed by atoms with Gasteiger partial charge in [0, 0.05) is 30.6 Å². The number of hydrogen-bond acceptors (Lipinski definition) is 5. The molecule has 1 aliphatic carbocycles. The van der Waals surface area contributed by atoms with Crippen LogP contribution in [0.2, 0.25) is 0 Å². The Kier molecular flexibility index (Phi) is 13.0. The fourth-order valence-corrected chi connectivity index (χ4v) is 5.52. The van der Waals surface area contributed by atoms with Gasteiger partial charge in [-0.25, -0.2) is 0 Å². The van der Waals surface area contributed by atoms with Gasteiger partial charge in [0.2, 0.25) is 0 Å². The van der Waals surface area contributed by atoms with Crippen LogP contribution >= 0.6 is 48.3 Å². The molecule has 156 valence electrons. The molecule has 2 aliphatic heterocycles. The number of aliphatic imine (C=N–C) groups is 2. The summed E-state index contributed by atoms with van der Waals surface area (Å²) in [6.07, 6.45) is 11.9. The summed E-state index contributed by atoms with van der Waals surface area (Å²) in [7, 11) is 0. The molecule has 1 saturated carbocycles. The molecule has 0 atom stereocenters. The second-order valence-corrected chi connectivity index (χ2v) is 8.86. The lowest BCUT2D eigenvalue weighted by Crippen LogP contribution is -2.35. The average Bonchev–Trinajstić information content (AvgIpc) is 3.24. The Morgan fingerprint density at radius 1 is 1.26 bits per heavy atom. The fourth-order valence-electron chi connectivity index (χ4n) is 3.51. The highest BCUT2D eigenvalue weighted by molar-refractivity contribution is 8.17. The van der Waals surface area contributed by atoms with E-state index in [0.29, 0.717) is 6.04 Å². The van der Waals surface area contributed by atoms with E-state index in [2.05, 4.69) is 27.5 Å². The summed E-state index contributed by atoms with van der Waals surface area (Å²) in [6, 6.07) is 0.631. The van der Waals surface area contributed by atoms with Gasteiger partial charge >= 0.3 is 0 Å². The number of hydrogen-bond donors (Lipinski definition) is 1. The lowest BCUT2D eigenvalue weighted by molar-refractivity contribution is 0.415. The summed E-state index contributed by atoms with van der Waals surface area (Å²) in [4.78, 5) is 11.8. The Labute approximate surface area is 185 Å². The number of unbranched alkanes of at least 4 members (excludes halogenated alkanes) is 3. The van der Waals surface area contributed by atoms with E-state index in [1.807, 2.05) is 11.8 Å². The number of nitrogens with zero attached hydrogens (tertiary/aromatic N) is 3. The second kappa shape index (κ2) is 14.0. The van der Waals surface area contributed by atoms with Crippen LogP contribution in [0, 0.1) is 0 Å². The van der Waals surface area contributed by atoms with Crippen LogP contribution in [0.15, 0.2) is 21.1 Å². The average molecular weight is 454 g/mol. The molecule has 0 saturated heterocycles. The van der Waals surface area contributed by atoms with Crippen molar-refractivity contribution in [2.75, 3.05) is 25.4 Å². The third-order valence-electron chi connectivity index (χ3n) is 5.01. The summed E-state index contributed by atoms with van der Waals surface area (Å²) in [6.45, 7) is 5.22. The highest BCUT2D eigenvalue weighted by Gasteiger charge is 2.26. The van der Waals surface area contributed by atoms with Gasteiger partial charge in [-0.2, -0.15) is 0 Å². The Morgan fingerprint density at radius 2 is 2.07 bits per heavy atom. The van der Waals surface area contributed by atoms with Crippen molar-refractivity contribution < 1.29 is 0 Å². The smallest absolute Gasteiger partial charge is 0.167 e. The van der Waals surface area contributed by atoms with Gasteiger partial charge in [-0.1, -0.05) is 69.0 Å². The molecule has 4 nitrogen and oxygen atoms in total. The topological polar surface area (TPSA) is 40.0 Å². The lowest BCUT2D eigenvalue weighted by atomic mass is 9.96. The van der Waals surface area contributed by atoms with E-state index in [0.717, 1.165) is 25.4 Å². The molecule has 0 amide bonds. The predicted octanol–water partition coefficient (Wildman–Crippen LogP) is 5.68. The third kappa shape index (κ3) is 8.08. The summed E-state index contributed by atoms with van der Waals surface area (Å²) < 4.78 is 0. The van der Waals surface area contributed by atoms with E-state index >= 15 is 0 Å². The molecule has 0 aromatic heterocycles. The number of nitrogens with one attached hydrogen (secondary N) is 1. The zero-order chi connectivity index (χ0) is 17.3. The fraction of sp³-hybridized carbons (Fsp3) is 0.789. The maximum Gasteiger partial charge on any atom is 0.167 e. The highest BCUT2D eigenvalue weighted by Crippen LogP contribution is 2.31. The van der Waals surface area contributed by atoms with E-state index in [9.17, 15) is 0 Å². The molecule has 1 N–H and O–H groups in total. The summed E-state index contributed by atoms with van der Waals surface area (Å²) in [5, 5.41) is 8.38. The molecule has 0 aromatic carbocycles. The molecule has 2 heterocycles. The number of amidine groups is 2. The van der Waals surface area contributed by atoms with Crippen molar-refractivity contribution in [3.63, 3.8) is 0 Å². The Morgan fingerprint density at radius 3 is 2.85 bits per heavy atom. The van der Waals surface area contributed by atoms with Crippen LogP contribution < -0.4 is 5.32 Å².